The summed E-state index contributed by atoms with van der Waals surface area (Å²) in [6, 6.07) is 2.73. The van der Waals surface area contributed by atoms with E-state index in [9.17, 15) is 13.2 Å². The van der Waals surface area contributed by atoms with E-state index in [-0.39, 0.29) is 27.3 Å². The van der Waals surface area contributed by atoms with Crippen LogP contribution < -0.4 is 9.46 Å². The first kappa shape index (κ1) is 16.8. The van der Waals surface area contributed by atoms with Gasteiger partial charge in [-0.1, -0.05) is 16.8 Å². The van der Waals surface area contributed by atoms with Crippen LogP contribution >= 0.6 is 11.6 Å². The third-order valence-corrected chi connectivity index (χ3v) is 5.31. The summed E-state index contributed by atoms with van der Waals surface area (Å²) >= 11 is 6.11. The molecule has 1 N–H and O–H groups in total. The van der Waals surface area contributed by atoms with Crippen molar-refractivity contribution in [2.75, 3.05) is 0 Å². The van der Waals surface area contributed by atoms with E-state index in [1.165, 1.54) is 19.1 Å². The molecule has 128 valence electrons. The van der Waals surface area contributed by atoms with Crippen molar-refractivity contribution in [3.05, 3.63) is 39.7 Å². The number of carbonyl (C=O) groups is 1. The Balaban J connectivity index is 1.93. The first-order valence-electron chi connectivity index (χ1n) is 7.18. The van der Waals surface area contributed by atoms with Gasteiger partial charge in [0.2, 0.25) is 0 Å². The van der Waals surface area contributed by atoms with Crippen molar-refractivity contribution >= 4 is 27.5 Å². The number of benzene rings is 1. The predicted octanol–water partition coefficient (Wildman–Crippen LogP) is 2.39. The average molecular weight is 371 g/mol. The molecule has 1 aliphatic rings. The zero-order chi connectivity index (χ0) is 17.6. The predicted molar refractivity (Wildman–Crippen MR) is 85.9 cm³/mol. The zero-order valence-electron chi connectivity index (χ0n) is 13.2. The third-order valence-electron chi connectivity index (χ3n) is 3.72. The quantitative estimate of drug-likeness (QED) is 0.890. The van der Waals surface area contributed by atoms with Gasteiger partial charge in [0.15, 0.2) is 0 Å². The number of amides is 1. The van der Waals surface area contributed by atoms with Gasteiger partial charge in [0.1, 0.15) is 23.2 Å². The van der Waals surface area contributed by atoms with Gasteiger partial charge in [-0.3, -0.25) is 4.79 Å². The summed E-state index contributed by atoms with van der Waals surface area (Å²) in [7, 11) is -4.09. The average Bonchev–Trinajstić information content (AvgIpc) is 3.00. The molecule has 1 unspecified atom stereocenters. The second kappa shape index (κ2) is 5.78. The Kier molecular flexibility index (Phi) is 4.05. The van der Waals surface area contributed by atoms with Crippen LogP contribution in [0.2, 0.25) is 5.02 Å². The van der Waals surface area contributed by atoms with Crippen LogP contribution in [0, 0.1) is 13.8 Å². The summed E-state index contributed by atoms with van der Waals surface area (Å²) in [6.45, 7) is 4.96. The number of ether oxygens (including phenoxy) is 1. The van der Waals surface area contributed by atoms with Crippen molar-refractivity contribution < 1.29 is 22.5 Å². The monoisotopic (exact) mass is 370 g/mol. The second-order valence-corrected chi connectivity index (χ2v) is 7.75. The topological polar surface area (TPSA) is 98.5 Å². The molecule has 2 aromatic rings. The summed E-state index contributed by atoms with van der Waals surface area (Å²) < 4.78 is 37.5. The number of hydrogen-bond donors (Lipinski definition) is 1. The number of nitrogens with one attached hydrogen (secondary N) is 1. The molecule has 1 atom stereocenters. The van der Waals surface area contributed by atoms with Gasteiger partial charge in [-0.15, -0.1) is 0 Å². The molecule has 3 rings (SSSR count). The highest BCUT2D eigenvalue weighted by molar-refractivity contribution is 7.90. The first-order chi connectivity index (χ1) is 11.2. The van der Waals surface area contributed by atoms with E-state index in [2.05, 4.69) is 5.16 Å². The number of sulfonamides is 1. The van der Waals surface area contributed by atoms with Crippen LogP contribution in [0.5, 0.6) is 5.75 Å². The van der Waals surface area contributed by atoms with E-state index in [0.717, 1.165) is 0 Å². The van der Waals surface area contributed by atoms with Gasteiger partial charge in [0.25, 0.3) is 15.9 Å². The fourth-order valence-corrected chi connectivity index (χ4v) is 4.04. The Labute approximate surface area is 144 Å². The molecule has 1 amide bonds. The molecule has 1 aromatic heterocycles. The molecule has 1 aliphatic heterocycles. The minimum atomic E-state index is -4.09. The van der Waals surface area contributed by atoms with Crippen LogP contribution in [0.1, 0.15) is 34.3 Å². The largest absolute Gasteiger partial charge is 0.489 e. The van der Waals surface area contributed by atoms with Crippen LogP contribution in [0.25, 0.3) is 0 Å². The van der Waals surface area contributed by atoms with Crippen LogP contribution in [-0.2, 0) is 16.4 Å². The molecule has 0 aliphatic carbocycles. The van der Waals surface area contributed by atoms with Crippen LogP contribution in [0.15, 0.2) is 21.6 Å². The van der Waals surface area contributed by atoms with Gasteiger partial charge < -0.3 is 9.26 Å². The molecule has 0 spiro atoms. The highest BCUT2D eigenvalue weighted by Gasteiger charge is 2.28. The van der Waals surface area contributed by atoms with E-state index in [1.54, 1.807) is 6.92 Å². The Hall–Kier alpha value is -2.06. The lowest BCUT2D eigenvalue weighted by atomic mass is 10.1. The van der Waals surface area contributed by atoms with Crippen LogP contribution in [0.4, 0.5) is 0 Å². The van der Waals surface area contributed by atoms with Gasteiger partial charge in [0, 0.05) is 12.0 Å². The molecule has 7 nitrogen and oxygen atoms in total. The number of aromatic nitrogens is 1. The minimum Gasteiger partial charge on any atom is -0.489 e. The number of carbonyl (C=O) groups excluding carboxylic acids is 1. The number of fused-ring (bicyclic) bond motifs is 1. The molecule has 0 bridgehead atoms. The molecule has 9 heteroatoms. The van der Waals surface area contributed by atoms with E-state index >= 15 is 0 Å². The minimum absolute atomic E-state index is 0.0765. The lowest BCUT2D eigenvalue weighted by Gasteiger charge is -2.09. The van der Waals surface area contributed by atoms with Gasteiger partial charge >= 0.3 is 0 Å². The smallest absolute Gasteiger partial charge is 0.270 e. The Morgan fingerprint density at radius 1 is 1.38 bits per heavy atom. The number of rotatable bonds is 3. The van der Waals surface area contributed by atoms with Crippen molar-refractivity contribution in [1.82, 2.24) is 9.88 Å². The Morgan fingerprint density at radius 3 is 2.71 bits per heavy atom. The number of aryl methyl sites for hydroxylation is 2. The van der Waals surface area contributed by atoms with E-state index in [1.807, 2.05) is 11.6 Å². The normalized spacial score (nSPS) is 16.6. The summed E-state index contributed by atoms with van der Waals surface area (Å²) in [5.41, 5.74) is 1.11. The van der Waals surface area contributed by atoms with Gasteiger partial charge in [-0.25, -0.2) is 13.1 Å². The van der Waals surface area contributed by atoms with Gasteiger partial charge in [-0.05, 0) is 32.9 Å². The molecule has 0 saturated carbocycles. The van der Waals surface area contributed by atoms with Gasteiger partial charge in [-0.2, -0.15) is 0 Å². The SMILES string of the molecule is Cc1noc(C)c1C(=O)NS(=O)(=O)c1cc(Cl)c2c(c1)CC(C)O2. The standard InChI is InChI=1S/C15H15ClN2O5S/c1-7-4-10-5-11(6-12(16)14(10)22-7)24(20,21)18-15(19)13-8(2)17-23-9(13)3/h5-7H,4H2,1-3H3,(H,18,19). The van der Waals surface area contributed by atoms with Crippen LogP contribution in [-0.4, -0.2) is 25.6 Å². The lowest BCUT2D eigenvalue weighted by molar-refractivity contribution is 0.0979. The molecular weight excluding hydrogens is 356 g/mol. The van der Waals surface area contributed by atoms with Crippen molar-refractivity contribution in [3.8, 4) is 5.75 Å². The zero-order valence-corrected chi connectivity index (χ0v) is 14.8. The fraction of sp³-hybridized carbons (Fsp3) is 0.333. The van der Waals surface area contributed by atoms with E-state index in [4.69, 9.17) is 20.9 Å². The Morgan fingerprint density at radius 2 is 2.08 bits per heavy atom. The third kappa shape index (κ3) is 2.87. The Bertz CT molecular complexity index is 916. The second-order valence-electron chi connectivity index (χ2n) is 5.66. The van der Waals surface area contributed by atoms with Crippen molar-refractivity contribution in [3.63, 3.8) is 0 Å². The van der Waals surface area contributed by atoms with E-state index < -0.39 is 15.9 Å². The molecule has 0 radical (unpaired) electrons. The maximum Gasteiger partial charge on any atom is 0.270 e. The van der Waals surface area contributed by atoms with Gasteiger partial charge in [0.05, 0.1) is 15.6 Å². The molecule has 0 saturated heterocycles. The maximum absolute atomic E-state index is 12.5. The fourth-order valence-electron chi connectivity index (χ4n) is 2.65. The van der Waals surface area contributed by atoms with E-state index in [0.29, 0.717) is 23.4 Å². The molecule has 1 aromatic carbocycles. The van der Waals surface area contributed by atoms with Crippen molar-refractivity contribution in [2.24, 2.45) is 0 Å². The highest BCUT2D eigenvalue weighted by atomic mass is 35.5. The molecule has 24 heavy (non-hydrogen) atoms. The molecule has 0 fully saturated rings. The van der Waals surface area contributed by atoms with Crippen LogP contribution in [0.3, 0.4) is 0 Å². The summed E-state index contributed by atoms with van der Waals surface area (Å²) in [4.78, 5) is 12.2. The summed E-state index contributed by atoms with van der Waals surface area (Å²) in [5, 5.41) is 3.84. The highest BCUT2D eigenvalue weighted by Crippen LogP contribution is 2.38. The molecule has 2 heterocycles. The van der Waals surface area contributed by atoms with Crippen molar-refractivity contribution in [2.45, 2.75) is 38.2 Å². The number of nitrogens with zero attached hydrogens (tertiary/aromatic N) is 1. The number of hydrogen-bond acceptors (Lipinski definition) is 6. The maximum atomic E-state index is 12.5. The number of halogens is 1. The summed E-state index contributed by atoms with van der Waals surface area (Å²) in [6.07, 6.45) is 0.475. The molecular formula is C15H15ClN2O5S. The summed E-state index contributed by atoms with van der Waals surface area (Å²) in [5.74, 6) is -0.0675. The first-order valence-corrected chi connectivity index (χ1v) is 9.04. The lowest BCUT2D eigenvalue weighted by Crippen LogP contribution is -2.31. The van der Waals surface area contributed by atoms with Crippen molar-refractivity contribution in [1.29, 1.82) is 0 Å².